The molecule has 9 heteroatoms. The van der Waals surface area contributed by atoms with Crippen molar-refractivity contribution in [1.29, 1.82) is 0 Å². The summed E-state index contributed by atoms with van der Waals surface area (Å²) in [5.74, 6) is 0.924. The van der Waals surface area contributed by atoms with Crippen LogP contribution >= 0.6 is 11.6 Å². The zero-order valence-electron chi connectivity index (χ0n) is 17.4. The summed E-state index contributed by atoms with van der Waals surface area (Å²) in [6.07, 6.45) is 0.998. The van der Waals surface area contributed by atoms with Crippen LogP contribution in [0.25, 0.3) is 0 Å². The van der Waals surface area contributed by atoms with E-state index < -0.39 is 10.0 Å². The molecule has 1 N–H and O–H groups in total. The van der Waals surface area contributed by atoms with Gasteiger partial charge in [-0.2, -0.15) is 0 Å². The van der Waals surface area contributed by atoms with E-state index >= 15 is 0 Å². The molecule has 0 unspecified atom stereocenters. The number of hydrogen-bond acceptors (Lipinski definition) is 5. The highest BCUT2D eigenvalue weighted by Gasteiger charge is 2.31. The Labute approximate surface area is 188 Å². The van der Waals surface area contributed by atoms with Gasteiger partial charge in [-0.1, -0.05) is 35.9 Å². The van der Waals surface area contributed by atoms with Crippen LogP contribution in [0.4, 0.5) is 0 Å². The van der Waals surface area contributed by atoms with Gasteiger partial charge in [-0.25, -0.2) is 12.7 Å². The number of sulfonamides is 1. The first-order chi connectivity index (χ1) is 14.9. The van der Waals surface area contributed by atoms with E-state index in [4.69, 9.17) is 21.1 Å². The minimum Gasteiger partial charge on any atom is -0.493 e. The van der Waals surface area contributed by atoms with E-state index in [0.29, 0.717) is 61.2 Å². The summed E-state index contributed by atoms with van der Waals surface area (Å²) in [7, 11) is -1.85. The summed E-state index contributed by atoms with van der Waals surface area (Å²) in [6, 6.07) is 14.1. The third-order valence-corrected chi connectivity index (χ3v) is 7.31. The van der Waals surface area contributed by atoms with Crippen molar-refractivity contribution in [3.05, 3.63) is 59.1 Å². The lowest BCUT2D eigenvalue weighted by Gasteiger charge is -2.30. The van der Waals surface area contributed by atoms with Gasteiger partial charge < -0.3 is 14.8 Å². The quantitative estimate of drug-likeness (QED) is 0.574. The number of benzene rings is 2. The summed E-state index contributed by atoms with van der Waals surface area (Å²) < 4.78 is 37.7. The van der Waals surface area contributed by atoms with Gasteiger partial charge in [0.2, 0.25) is 15.9 Å². The lowest BCUT2D eigenvalue weighted by atomic mass is 9.97. The zero-order valence-corrected chi connectivity index (χ0v) is 19.0. The molecular weight excluding hydrogens is 440 g/mol. The van der Waals surface area contributed by atoms with Gasteiger partial charge in [-0.15, -0.1) is 0 Å². The molecule has 1 saturated heterocycles. The smallest absolute Gasteiger partial charge is 0.223 e. The molecule has 3 rings (SSSR count). The van der Waals surface area contributed by atoms with Crippen molar-refractivity contribution in [2.45, 2.75) is 18.6 Å². The molecule has 7 nitrogen and oxygen atoms in total. The van der Waals surface area contributed by atoms with E-state index in [0.717, 1.165) is 0 Å². The maximum Gasteiger partial charge on any atom is 0.223 e. The minimum absolute atomic E-state index is 0.0681. The Morgan fingerprint density at radius 3 is 2.39 bits per heavy atom. The number of carbonyl (C=O) groups excluding carboxylic acids is 1. The third kappa shape index (κ3) is 6.59. The number of nitrogens with zero attached hydrogens (tertiary/aromatic N) is 1. The Hall–Kier alpha value is -2.29. The second-order valence-electron chi connectivity index (χ2n) is 7.35. The number of hydrogen-bond donors (Lipinski definition) is 1. The van der Waals surface area contributed by atoms with Crippen molar-refractivity contribution in [2.24, 2.45) is 5.92 Å². The van der Waals surface area contributed by atoms with Crippen molar-refractivity contribution in [1.82, 2.24) is 9.62 Å². The molecule has 1 aliphatic rings. The Balaban J connectivity index is 1.41. The number of piperidine rings is 1. The molecule has 1 fully saturated rings. The molecule has 0 saturated carbocycles. The maximum absolute atomic E-state index is 12.7. The van der Waals surface area contributed by atoms with Crippen LogP contribution in [0.3, 0.4) is 0 Å². The van der Waals surface area contributed by atoms with Crippen LogP contribution in [-0.4, -0.2) is 52.0 Å². The zero-order chi connectivity index (χ0) is 22.3. The molecule has 0 aliphatic carbocycles. The topological polar surface area (TPSA) is 84.9 Å². The van der Waals surface area contributed by atoms with Crippen LogP contribution < -0.4 is 14.8 Å². The lowest BCUT2D eigenvalue weighted by molar-refractivity contribution is -0.126. The van der Waals surface area contributed by atoms with Gasteiger partial charge in [0, 0.05) is 24.0 Å². The number of carbonyl (C=O) groups is 1. The fourth-order valence-corrected chi connectivity index (χ4v) is 5.19. The fraction of sp³-hybridized carbons (Fsp3) is 0.409. The number of methoxy groups -OCH3 is 1. The largest absolute Gasteiger partial charge is 0.493 e. The predicted octanol–water partition coefficient (Wildman–Crippen LogP) is 3.09. The van der Waals surface area contributed by atoms with Crippen molar-refractivity contribution < 1.29 is 22.7 Å². The van der Waals surface area contributed by atoms with Crippen LogP contribution in [-0.2, 0) is 20.6 Å². The highest BCUT2D eigenvalue weighted by molar-refractivity contribution is 7.88. The van der Waals surface area contributed by atoms with E-state index in [1.807, 2.05) is 18.2 Å². The second-order valence-corrected chi connectivity index (χ2v) is 9.75. The van der Waals surface area contributed by atoms with Gasteiger partial charge in [0.15, 0.2) is 11.5 Å². The molecule has 0 bridgehead atoms. The average Bonchev–Trinajstić information content (AvgIpc) is 2.78. The van der Waals surface area contributed by atoms with Gasteiger partial charge in [-0.05, 0) is 42.7 Å². The number of halogens is 1. The van der Waals surface area contributed by atoms with Gasteiger partial charge >= 0.3 is 0 Å². The molecule has 0 aromatic heterocycles. The van der Waals surface area contributed by atoms with Gasteiger partial charge in [0.25, 0.3) is 0 Å². The highest BCUT2D eigenvalue weighted by Crippen LogP contribution is 2.25. The molecule has 168 valence electrons. The van der Waals surface area contributed by atoms with E-state index in [2.05, 4.69) is 5.32 Å². The number of amides is 1. The van der Waals surface area contributed by atoms with Crippen LogP contribution in [0.5, 0.6) is 11.5 Å². The summed E-state index contributed by atoms with van der Waals surface area (Å²) in [5, 5.41) is 3.44. The summed E-state index contributed by atoms with van der Waals surface area (Å²) in [4.78, 5) is 12.4. The average molecular weight is 467 g/mol. The molecule has 31 heavy (non-hydrogen) atoms. The SMILES string of the molecule is COc1ccccc1OCCNC(=O)C1CCN(S(=O)(=O)Cc2ccc(Cl)cc2)CC1. The van der Waals surface area contributed by atoms with Gasteiger partial charge in [0.1, 0.15) is 6.61 Å². The number of nitrogens with one attached hydrogen (secondary N) is 1. The van der Waals surface area contributed by atoms with Crippen molar-refractivity contribution in [3.8, 4) is 11.5 Å². The van der Waals surface area contributed by atoms with Crippen LogP contribution in [0.15, 0.2) is 48.5 Å². The number of rotatable bonds is 9. The molecule has 0 radical (unpaired) electrons. The lowest BCUT2D eigenvalue weighted by Crippen LogP contribution is -2.43. The molecule has 2 aromatic carbocycles. The van der Waals surface area contributed by atoms with E-state index in [9.17, 15) is 13.2 Å². The molecule has 0 spiro atoms. The molecular formula is C22H27ClN2O5S. The molecule has 1 amide bonds. The number of ether oxygens (including phenoxy) is 2. The first-order valence-electron chi connectivity index (χ1n) is 10.1. The first-order valence-corrected chi connectivity index (χ1v) is 12.1. The summed E-state index contributed by atoms with van der Waals surface area (Å²) in [6.45, 7) is 1.36. The van der Waals surface area contributed by atoms with E-state index in [1.54, 1.807) is 37.4 Å². The monoisotopic (exact) mass is 466 g/mol. The Morgan fingerprint density at radius 1 is 1.10 bits per heavy atom. The minimum atomic E-state index is -3.43. The number of para-hydroxylation sites is 2. The second kappa shape index (κ2) is 10.8. The Bertz CT molecular complexity index is 974. The standard InChI is InChI=1S/C22H27ClN2O5S/c1-29-20-4-2-3-5-21(20)30-15-12-24-22(26)18-10-13-25(14-11-18)31(27,28)16-17-6-8-19(23)9-7-17/h2-9,18H,10-16H2,1H3,(H,24,26). The van der Waals surface area contributed by atoms with Crippen molar-refractivity contribution >= 4 is 27.5 Å². The van der Waals surface area contributed by atoms with Crippen LogP contribution in [0.2, 0.25) is 5.02 Å². The van der Waals surface area contributed by atoms with E-state index in [1.165, 1.54) is 4.31 Å². The Kier molecular flexibility index (Phi) is 8.17. The Morgan fingerprint density at radius 2 is 1.74 bits per heavy atom. The highest BCUT2D eigenvalue weighted by atomic mass is 35.5. The third-order valence-electron chi connectivity index (χ3n) is 5.21. The first kappa shape index (κ1) is 23.4. The van der Waals surface area contributed by atoms with Crippen LogP contribution in [0.1, 0.15) is 18.4 Å². The molecule has 2 aromatic rings. The molecule has 1 heterocycles. The van der Waals surface area contributed by atoms with Crippen molar-refractivity contribution in [3.63, 3.8) is 0 Å². The van der Waals surface area contributed by atoms with Crippen LogP contribution in [0, 0.1) is 5.92 Å². The van der Waals surface area contributed by atoms with Crippen molar-refractivity contribution in [2.75, 3.05) is 33.4 Å². The van der Waals surface area contributed by atoms with Gasteiger partial charge in [-0.3, -0.25) is 4.79 Å². The van der Waals surface area contributed by atoms with E-state index in [-0.39, 0.29) is 17.6 Å². The fourth-order valence-electron chi connectivity index (χ4n) is 3.50. The molecule has 1 aliphatic heterocycles. The summed E-state index contributed by atoms with van der Waals surface area (Å²) in [5.41, 5.74) is 0.694. The molecule has 0 atom stereocenters. The van der Waals surface area contributed by atoms with Gasteiger partial charge in [0.05, 0.1) is 19.4 Å². The predicted molar refractivity (Wildman–Crippen MR) is 120 cm³/mol. The summed E-state index contributed by atoms with van der Waals surface area (Å²) >= 11 is 5.86. The maximum atomic E-state index is 12.7. The normalized spacial score (nSPS) is 15.4.